The minimum absolute atomic E-state index is 0.344. The van der Waals surface area contributed by atoms with Gasteiger partial charge in [-0.15, -0.1) is 0 Å². The molecule has 0 heterocycles. The summed E-state index contributed by atoms with van der Waals surface area (Å²) in [5.41, 5.74) is -1.36. The highest BCUT2D eigenvalue weighted by Crippen LogP contribution is 2.19. The van der Waals surface area contributed by atoms with Gasteiger partial charge in [0.25, 0.3) is 0 Å². The van der Waals surface area contributed by atoms with Crippen LogP contribution in [0.4, 0.5) is 4.39 Å². The third-order valence-electron chi connectivity index (χ3n) is 2.88. The predicted octanol–water partition coefficient (Wildman–Crippen LogP) is 4.24. The Morgan fingerprint density at radius 2 is 1.40 bits per heavy atom. The molecule has 0 saturated carbocycles. The van der Waals surface area contributed by atoms with Crippen LogP contribution in [0.2, 0.25) is 0 Å². The number of hydrogen-bond acceptors (Lipinski definition) is 1. The van der Waals surface area contributed by atoms with Crippen LogP contribution in [-0.4, -0.2) is 17.4 Å². The van der Waals surface area contributed by atoms with Gasteiger partial charge in [0, 0.05) is 0 Å². The Morgan fingerprint density at radius 3 is 1.87 bits per heavy atom. The molecule has 0 spiro atoms. The van der Waals surface area contributed by atoms with E-state index < -0.39 is 5.67 Å². The fraction of sp³-hybridized carbons (Fsp3) is 1.00. The number of aliphatic hydroxyl groups excluding tert-OH is 1. The zero-order valence-corrected chi connectivity index (χ0v) is 10.4. The highest BCUT2D eigenvalue weighted by Gasteiger charge is 2.20. The molecule has 0 aromatic rings. The smallest absolute Gasteiger partial charge is 0.131 e. The standard InChI is InChI=1S/C13H27FO/c1-3-4-5-6-7-8-9-10-11-13(2,14)12-15/h15H,3-12H2,1-2H3. The molecule has 15 heavy (non-hydrogen) atoms. The Hall–Kier alpha value is -0.110. The van der Waals surface area contributed by atoms with Gasteiger partial charge in [-0.05, 0) is 13.3 Å². The molecule has 2 heteroatoms. The van der Waals surface area contributed by atoms with Crippen molar-refractivity contribution < 1.29 is 9.50 Å². The molecule has 0 aromatic heterocycles. The van der Waals surface area contributed by atoms with E-state index in [1.54, 1.807) is 0 Å². The van der Waals surface area contributed by atoms with Gasteiger partial charge in [0.2, 0.25) is 0 Å². The second-order valence-electron chi connectivity index (χ2n) is 4.80. The number of alkyl halides is 1. The Bertz CT molecular complexity index is 134. The van der Waals surface area contributed by atoms with Crippen LogP contribution in [0.5, 0.6) is 0 Å². The molecular formula is C13H27FO. The minimum atomic E-state index is -1.36. The zero-order valence-electron chi connectivity index (χ0n) is 10.4. The first-order chi connectivity index (χ1) is 7.12. The van der Waals surface area contributed by atoms with Gasteiger partial charge in [0.15, 0.2) is 0 Å². The van der Waals surface area contributed by atoms with Crippen LogP contribution in [-0.2, 0) is 0 Å². The number of hydrogen-bond donors (Lipinski definition) is 1. The van der Waals surface area contributed by atoms with E-state index in [2.05, 4.69) is 6.92 Å². The summed E-state index contributed by atoms with van der Waals surface area (Å²) in [6.07, 6.45) is 10.3. The third kappa shape index (κ3) is 10.2. The maximum absolute atomic E-state index is 13.2. The summed E-state index contributed by atoms with van der Waals surface area (Å²) in [4.78, 5) is 0. The molecule has 1 N–H and O–H groups in total. The highest BCUT2D eigenvalue weighted by atomic mass is 19.1. The van der Waals surface area contributed by atoms with Gasteiger partial charge in [-0.3, -0.25) is 0 Å². The Labute approximate surface area is 94.1 Å². The molecule has 0 aromatic carbocycles. The normalized spacial score (nSPS) is 15.2. The molecule has 92 valence electrons. The van der Waals surface area contributed by atoms with Crippen molar-refractivity contribution >= 4 is 0 Å². The number of rotatable bonds is 10. The van der Waals surface area contributed by atoms with Gasteiger partial charge in [0.05, 0.1) is 6.61 Å². The van der Waals surface area contributed by atoms with Crippen LogP contribution in [0.3, 0.4) is 0 Å². The first-order valence-electron chi connectivity index (χ1n) is 6.42. The van der Waals surface area contributed by atoms with Gasteiger partial charge < -0.3 is 5.11 Å². The van der Waals surface area contributed by atoms with Crippen LogP contribution < -0.4 is 0 Å². The lowest BCUT2D eigenvalue weighted by Crippen LogP contribution is -2.22. The summed E-state index contributed by atoms with van der Waals surface area (Å²) >= 11 is 0. The maximum Gasteiger partial charge on any atom is 0.131 e. The van der Waals surface area contributed by atoms with E-state index >= 15 is 0 Å². The number of unbranched alkanes of at least 4 members (excludes halogenated alkanes) is 7. The van der Waals surface area contributed by atoms with E-state index in [-0.39, 0.29) is 6.61 Å². The average molecular weight is 218 g/mol. The molecule has 0 saturated heterocycles. The zero-order chi connectivity index (χ0) is 11.6. The largest absolute Gasteiger partial charge is 0.393 e. The predicted molar refractivity (Wildman–Crippen MR) is 63.8 cm³/mol. The van der Waals surface area contributed by atoms with Crippen molar-refractivity contribution in [3.63, 3.8) is 0 Å². The molecular weight excluding hydrogens is 191 g/mol. The minimum Gasteiger partial charge on any atom is -0.393 e. The van der Waals surface area contributed by atoms with Gasteiger partial charge in [-0.2, -0.15) is 0 Å². The van der Waals surface area contributed by atoms with E-state index in [9.17, 15) is 4.39 Å². The number of aliphatic hydroxyl groups is 1. The molecule has 1 nitrogen and oxygen atoms in total. The van der Waals surface area contributed by atoms with Gasteiger partial charge in [0.1, 0.15) is 5.67 Å². The Kier molecular flexibility index (Phi) is 9.07. The van der Waals surface area contributed by atoms with Crippen molar-refractivity contribution in [2.75, 3.05) is 6.61 Å². The first-order valence-corrected chi connectivity index (χ1v) is 6.42. The molecule has 0 amide bonds. The second-order valence-corrected chi connectivity index (χ2v) is 4.80. The third-order valence-corrected chi connectivity index (χ3v) is 2.88. The molecule has 1 unspecified atom stereocenters. The monoisotopic (exact) mass is 218 g/mol. The van der Waals surface area contributed by atoms with Crippen molar-refractivity contribution in [3.8, 4) is 0 Å². The lowest BCUT2D eigenvalue weighted by atomic mass is 10.00. The van der Waals surface area contributed by atoms with Crippen LogP contribution in [0.15, 0.2) is 0 Å². The van der Waals surface area contributed by atoms with E-state index in [0.717, 1.165) is 12.8 Å². The topological polar surface area (TPSA) is 20.2 Å². The Morgan fingerprint density at radius 1 is 0.933 bits per heavy atom. The lowest BCUT2D eigenvalue weighted by molar-refractivity contribution is 0.0772. The molecule has 0 aliphatic rings. The molecule has 0 radical (unpaired) electrons. The summed E-state index contributed by atoms with van der Waals surface area (Å²) in [5, 5.41) is 8.72. The van der Waals surface area contributed by atoms with Gasteiger partial charge >= 0.3 is 0 Å². The molecule has 0 rings (SSSR count). The van der Waals surface area contributed by atoms with Crippen LogP contribution in [0.1, 0.15) is 71.6 Å². The summed E-state index contributed by atoms with van der Waals surface area (Å²) in [6, 6.07) is 0. The van der Waals surface area contributed by atoms with E-state index in [0.29, 0.717) is 6.42 Å². The first kappa shape index (κ1) is 14.9. The summed E-state index contributed by atoms with van der Waals surface area (Å²) in [6.45, 7) is 3.36. The van der Waals surface area contributed by atoms with Crippen LogP contribution in [0, 0.1) is 0 Å². The fourth-order valence-electron chi connectivity index (χ4n) is 1.71. The molecule has 0 fully saturated rings. The van der Waals surface area contributed by atoms with Crippen molar-refractivity contribution in [1.82, 2.24) is 0 Å². The van der Waals surface area contributed by atoms with Gasteiger partial charge in [-0.1, -0.05) is 58.3 Å². The van der Waals surface area contributed by atoms with Crippen molar-refractivity contribution in [2.45, 2.75) is 77.3 Å². The van der Waals surface area contributed by atoms with Crippen LogP contribution >= 0.6 is 0 Å². The highest BCUT2D eigenvalue weighted by molar-refractivity contribution is 4.70. The molecule has 0 aliphatic heterocycles. The fourth-order valence-corrected chi connectivity index (χ4v) is 1.71. The average Bonchev–Trinajstić information content (AvgIpc) is 2.22. The molecule has 1 atom stereocenters. The number of halogens is 1. The van der Waals surface area contributed by atoms with Crippen LogP contribution in [0.25, 0.3) is 0 Å². The summed E-state index contributed by atoms with van der Waals surface area (Å²) in [7, 11) is 0. The molecule has 0 aliphatic carbocycles. The SMILES string of the molecule is CCCCCCCCCCC(C)(F)CO. The summed E-state index contributed by atoms with van der Waals surface area (Å²) in [5.74, 6) is 0. The van der Waals surface area contributed by atoms with E-state index in [1.165, 1.54) is 45.4 Å². The molecule has 0 bridgehead atoms. The summed E-state index contributed by atoms with van der Waals surface area (Å²) < 4.78 is 13.2. The van der Waals surface area contributed by atoms with E-state index in [1.807, 2.05) is 0 Å². The van der Waals surface area contributed by atoms with Crippen molar-refractivity contribution in [3.05, 3.63) is 0 Å². The van der Waals surface area contributed by atoms with E-state index in [4.69, 9.17) is 5.11 Å². The van der Waals surface area contributed by atoms with Gasteiger partial charge in [-0.25, -0.2) is 4.39 Å². The maximum atomic E-state index is 13.2. The lowest BCUT2D eigenvalue weighted by Gasteiger charge is -2.16. The van der Waals surface area contributed by atoms with Crippen molar-refractivity contribution in [1.29, 1.82) is 0 Å². The quantitative estimate of drug-likeness (QED) is 0.544. The second kappa shape index (κ2) is 9.14. The van der Waals surface area contributed by atoms with Crippen molar-refractivity contribution in [2.24, 2.45) is 0 Å². The Balaban J connectivity index is 3.11.